The lowest BCUT2D eigenvalue weighted by atomic mass is 10.1. The van der Waals surface area contributed by atoms with Crippen LogP contribution in [-0.4, -0.2) is 18.6 Å². The van der Waals surface area contributed by atoms with Gasteiger partial charge < -0.3 is 10.5 Å². The predicted molar refractivity (Wildman–Crippen MR) is 58.4 cm³/mol. The van der Waals surface area contributed by atoms with Crippen LogP contribution in [0.3, 0.4) is 0 Å². The molecule has 0 radical (unpaired) electrons. The van der Waals surface area contributed by atoms with Crippen molar-refractivity contribution >= 4 is 5.84 Å². The summed E-state index contributed by atoms with van der Waals surface area (Å²) in [6.07, 6.45) is -9.88. The Bertz CT molecular complexity index is 524. The largest absolute Gasteiger partial charge is 0.492 e. The van der Waals surface area contributed by atoms with Crippen molar-refractivity contribution < 1.29 is 35.5 Å². The Kier molecular flexibility index (Phi) is 4.69. The Morgan fingerprint density at radius 2 is 1.76 bits per heavy atom. The minimum Gasteiger partial charge on any atom is -0.492 e. The fourth-order valence-corrected chi connectivity index (χ4v) is 1.35. The number of nitrogens with one attached hydrogen (secondary N) is 1. The molecule has 1 rings (SSSR count). The highest BCUT2D eigenvalue weighted by molar-refractivity contribution is 5.80. The average molecular weight is 318 g/mol. The van der Waals surface area contributed by atoms with Crippen LogP contribution in [0.2, 0.25) is 0 Å². The number of ether oxygens (including phenoxy) is 1. The molecule has 1 unspecified atom stereocenters. The summed E-state index contributed by atoms with van der Waals surface area (Å²) in [7, 11) is 0. The molecule has 0 saturated carbocycles. The number of alkyl halides is 6. The molecule has 0 aromatic heterocycles. The number of hydrogen-bond acceptors (Lipinski definition) is 2. The van der Waals surface area contributed by atoms with Gasteiger partial charge in [-0.2, -0.15) is 26.3 Å². The van der Waals surface area contributed by atoms with Gasteiger partial charge in [0.25, 0.3) is 0 Å². The van der Waals surface area contributed by atoms with Gasteiger partial charge in [-0.25, -0.2) is 4.39 Å². The summed E-state index contributed by atoms with van der Waals surface area (Å²) in [6.45, 7) is -1.18. The zero-order valence-corrected chi connectivity index (χ0v) is 10.1. The number of hydrogen-bond donors (Lipinski definition) is 2. The van der Waals surface area contributed by atoms with Crippen molar-refractivity contribution in [3.8, 4) is 5.75 Å². The Morgan fingerprint density at radius 3 is 2.19 bits per heavy atom. The third-order valence-corrected chi connectivity index (χ3v) is 2.43. The molecule has 0 heterocycles. The molecular formula is C11H9F7N2O. The molecule has 118 valence electrons. The van der Waals surface area contributed by atoms with E-state index in [9.17, 15) is 30.7 Å². The Morgan fingerprint density at radius 1 is 1.19 bits per heavy atom. The van der Waals surface area contributed by atoms with E-state index >= 15 is 0 Å². The van der Waals surface area contributed by atoms with Gasteiger partial charge in [0.2, 0.25) is 0 Å². The molecule has 0 aliphatic carbocycles. The zero-order chi connectivity index (χ0) is 16.4. The summed E-state index contributed by atoms with van der Waals surface area (Å²) in [4.78, 5) is 0. The van der Waals surface area contributed by atoms with Gasteiger partial charge in [-0.3, -0.25) is 5.41 Å². The minimum absolute atomic E-state index is 0.239. The van der Waals surface area contributed by atoms with Gasteiger partial charge in [0, 0.05) is 0 Å². The second-order valence-electron chi connectivity index (χ2n) is 4.00. The molecular weight excluding hydrogens is 309 g/mol. The second-order valence-corrected chi connectivity index (χ2v) is 4.00. The molecule has 0 saturated heterocycles. The van der Waals surface area contributed by atoms with Crippen LogP contribution >= 0.6 is 0 Å². The highest BCUT2D eigenvalue weighted by Gasteiger charge is 2.42. The summed E-state index contributed by atoms with van der Waals surface area (Å²) in [5.74, 6) is -5.88. The van der Waals surface area contributed by atoms with E-state index in [1.807, 2.05) is 0 Å². The maximum Gasteiger partial charge on any atom is 0.419 e. The van der Waals surface area contributed by atoms with Gasteiger partial charge >= 0.3 is 12.4 Å². The quantitative estimate of drug-likeness (QED) is 0.508. The molecule has 0 spiro atoms. The van der Waals surface area contributed by atoms with E-state index in [1.165, 1.54) is 0 Å². The molecule has 10 heteroatoms. The number of halogens is 7. The van der Waals surface area contributed by atoms with Crippen molar-refractivity contribution in [3.05, 3.63) is 29.6 Å². The van der Waals surface area contributed by atoms with Crippen LogP contribution in [0, 0.1) is 17.1 Å². The van der Waals surface area contributed by atoms with E-state index in [0.29, 0.717) is 6.07 Å². The lowest BCUT2D eigenvalue weighted by Gasteiger charge is -2.19. The number of nitrogens with two attached hydrogens (primary N) is 1. The maximum absolute atomic E-state index is 13.0. The molecule has 3 nitrogen and oxygen atoms in total. The second kappa shape index (κ2) is 5.78. The lowest BCUT2D eigenvalue weighted by Crippen LogP contribution is -2.39. The van der Waals surface area contributed by atoms with Crippen molar-refractivity contribution in [2.45, 2.75) is 12.4 Å². The van der Waals surface area contributed by atoms with E-state index in [1.54, 1.807) is 0 Å². The van der Waals surface area contributed by atoms with Gasteiger partial charge in [0.05, 0.1) is 5.56 Å². The third kappa shape index (κ3) is 4.50. The number of amidine groups is 1. The van der Waals surface area contributed by atoms with Gasteiger partial charge in [-0.15, -0.1) is 0 Å². The molecule has 1 aromatic rings. The molecule has 0 fully saturated rings. The molecule has 3 N–H and O–H groups in total. The molecule has 1 atom stereocenters. The highest BCUT2D eigenvalue weighted by Crippen LogP contribution is 2.34. The smallest absolute Gasteiger partial charge is 0.419 e. The van der Waals surface area contributed by atoms with E-state index in [4.69, 9.17) is 11.1 Å². The highest BCUT2D eigenvalue weighted by atomic mass is 19.4. The first kappa shape index (κ1) is 17.1. The number of rotatable bonds is 4. The van der Waals surface area contributed by atoms with Crippen LogP contribution in [0.5, 0.6) is 5.75 Å². The fraction of sp³-hybridized carbons (Fsp3) is 0.364. The van der Waals surface area contributed by atoms with Gasteiger partial charge in [0.15, 0.2) is 0 Å². The Hall–Kier alpha value is -2.00. The van der Waals surface area contributed by atoms with Gasteiger partial charge in [0.1, 0.15) is 29.9 Å². The molecule has 0 aliphatic rings. The Labute approximate surface area is 114 Å². The monoisotopic (exact) mass is 318 g/mol. The molecule has 21 heavy (non-hydrogen) atoms. The van der Waals surface area contributed by atoms with Gasteiger partial charge in [-0.1, -0.05) is 0 Å². The predicted octanol–water partition coefficient (Wildman–Crippen LogP) is 3.34. The number of benzene rings is 1. The first-order valence-electron chi connectivity index (χ1n) is 5.33. The van der Waals surface area contributed by atoms with Crippen molar-refractivity contribution in [1.82, 2.24) is 0 Å². The standard InChI is InChI=1S/C11H9F7N2O/c12-8-2-1-5(3-6(8)10(13,14)15)21-4-7(9(19)20)11(16,17)18/h1-3,7H,4H2,(H3,19,20). The maximum atomic E-state index is 13.0. The van der Waals surface area contributed by atoms with Gasteiger partial charge in [-0.05, 0) is 18.2 Å². The van der Waals surface area contributed by atoms with E-state index in [-0.39, 0.29) is 6.07 Å². The molecule has 0 aliphatic heterocycles. The Balaban J connectivity index is 2.92. The van der Waals surface area contributed by atoms with Crippen LogP contribution in [0.15, 0.2) is 18.2 Å². The summed E-state index contributed by atoms with van der Waals surface area (Å²) >= 11 is 0. The van der Waals surface area contributed by atoms with E-state index < -0.39 is 47.8 Å². The van der Waals surface area contributed by atoms with Crippen molar-refractivity contribution in [2.75, 3.05) is 6.61 Å². The summed E-state index contributed by atoms with van der Waals surface area (Å²) in [5, 5.41) is 6.79. The lowest BCUT2D eigenvalue weighted by molar-refractivity contribution is -0.162. The molecule has 0 bridgehead atoms. The van der Waals surface area contributed by atoms with E-state index in [2.05, 4.69) is 4.74 Å². The molecule has 0 amide bonds. The first-order chi connectivity index (χ1) is 9.43. The van der Waals surface area contributed by atoms with Crippen LogP contribution < -0.4 is 10.5 Å². The van der Waals surface area contributed by atoms with Crippen molar-refractivity contribution in [3.63, 3.8) is 0 Å². The zero-order valence-electron chi connectivity index (χ0n) is 10.1. The minimum atomic E-state index is -5.01. The molecule has 1 aromatic carbocycles. The first-order valence-corrected chi connectivity index (χ1v) is 5.33. The SMILES string of the molecule is N=C(N)C(COc1ccc(F)c(C(F)(F)F)c1)C(F)(F)F. The van der Waals surface area contributed by atoms with Crippen LogP contribution in [0.25, 0.3) is 0 Å². The van der Waals surface area contributed by atoms with E-state index in [0.717, 1.165) is 6.07 Å². The van der Waals surface area contributed by atoms with Crippen molar-refractivity contribution in [1.29, 1.82) is 5.41 Å². The van der Waals surface area contributed by atoms with Crippen LogP contribution in [0.4, 0.5) is 30.7 Å². The van der Waals surface area contributed by atoms with Crippen LogP contribution in [0.1, 0.15) is 5.56 Å². The normalized spacial score (nSPS) is 13.9. The average Bonchev–Trinajstić information content (AvgIpc) is 2.27. The van der Waals surface area contributed by atoms with Crippen LogP contribution in [-0.2, 0) is 6.18 Å². The third-order valence-electron chi connectivity index (χ3n) is 2.43. The van der Waals surface area contributed by atoms with Crippen molar-refractivity contribution in [2.24, 2.45) is 11.7 Å². The summed E-state index contributed by atoms with van der Waals surface area (Å²) in [5.41, 5.74) is 3.09. The fourth-order valence-electron chi connectivity index (χ4n) is 1.35. The summed E-state index contributed by atoms with van der Waals surface area (Å²) in [6, 6.07) is 1.41. The summed E-state index contributed by atoms with van der Waals surface area (Å²) < 4.78 is 92.2. The topological polar surface area (TPSA) is 59.1 Å².